The van der Waals surface area contributed by atoms with Gasteiger partial charge in [0.25, 0.3) is 5.91 Å². The molecule has 8 nitrogen and oxygen atoms in total. The zero-order valence-corrected chi connectivity index (χ0v) is 22.7. The Hall–Kier alpha value is -2.98. The summed E-state index contributed by atoms with van der Waals surface area (Å²) in [6.07, 6.45) is 1.53. The number of carbonyl (C=O) groups excluding carboxylic acids is 2. The number of nitrogens with one attached hydrogen (secondary N) is 1. The molecule has 0 unspecified atom stereocenters. The van der Waals surface area contributed by atoms with Crippen LogP contribution in [0.25, 0.3) is 0 Å². The largest absolute Gasteiger partial charge is 0.437 e. The Morgan fingerprint density at radius 3 is 2.57 bits per heavy atom. The third kappa shape index (κ3) is 7.52. The highest BCUT2D eigenvalue weighted by Crippen LogP contribution is 2.32. The van der Waals surface area contributed by atoms with Crippen molar-refractivity contribution in [3.63, 3.8) is 0 Å². The summed E-state index contributed by atoms with van der Waals surface area (Å²) >= 11 is 9.44. The van der Waals surface area contributed by atoms with Crippen molar-refractivity contribution in [2.24, 2.45) is 0 Å². The number of hydrogen-bond donors (Lipinski definition) is 1. The first-order valence-corrected chi connectivity index (χ1v) is 13.1. The number of nitrogens with zero attached hydrogens (tertiary/aromatic N) is 3. The number of amides is 2. The van der Waals surface area contributed by atoms with E-state index < -0.39 is 11.9 Å². The van der Waals surface area contributed by atoms with Crippen molar-refractivity contribution < 1.29 is 19.1 Å². The van der Waals surface area contributed by atoms with E-state index in [1.54, 1.807) is 35.2 Å². The normalized spacial score (nSPS) is 14.7. The first-order valence-electron chi connectivity index (χ1n) is 11.9. The summed E-state index contributed by atoms with van der Waals surface area (Å²) in [6.45, 7) is 3.08. The van der Waals surface area contributed by atoms with Gasteiger partial charge in [0.1, 0.15) is 17.4 Å². The highest BCUT2D eigenvalue weighted by molar-refractivity contribution is 9.10. The van der Waals surface area contributed by atoms with E-state index in [1.807, 2.05) is 37.4 Å². The Morgan fingerprint density at radius 1 is 1.08 bits per heavy atom. The fraction of sp³-hybridized carbons (Fsp3) is 0.296. The lowest BCUT2D eigenvalue weighted by molar-refractivity contribution is -0.136. The average Bonchev–Trinajstić information content (AvgIpc) is 2.90. The molecule has 1 fully saturated rings. The second kappa shape index (κ2) is 13.0. The molecule has 194 valence electrons. The van der Waals surface area contributed by atoms with Crippen LogP contribution in [-0.4, -0.2) is 72.5 Å². The van der Waals surface area contributed by atoms with Crippen molar-refractivity contribution >= 4 is 39.3 Å². The fourth-order valence-corrected chi connectivity index (χ4v) is 4.60. The van der Waals surface area contributed by atoms with Gasteiger partial charge in [-0.3, -0.25) is 9.59 Å². The van der Waals surface area contributed by atoms with Gasteiger partial charge in [0.05, 0.1) is 17.7 Å². The van der Waals surface area contributed by atoms with Crippen LogP contribution in [0.5, 0.6) is 11.6 Å². The molecule has 4 rings (SSSR count). The van der Waals surface area contributed by atoms with Crippen LogP contribution in [0.1, 0.15) is 15.9 Å². The zero-order chi connectivity index (χ0) is 26.2. The van der Waals surface area contributed by atoms with E-state index in [0.29, 0.717) is 34.9 Å². The van der Waals surface area contributed by atoms with Gasteiger partial charge in [-0.25, -0.2) is 4.98 Å². The molecule has 2 amide bonds. The Balaban J connectivity index is 1.49. The van der Waals surface area contributed by atoms with E-state index in [2.05, 4.69) is 31.1 Å². The summed E-state index contributed by atoms with van der Waals surface area (Å²) in [5, 5.41) is 3.40. The predicted octanol–water partition coefficient (Wildman–Crippen LogP) is 4.38. The van der Waals surface area contributed by atoms with Gasteiger partial charge in [-0.15, -0.1) is 0 Å². The van der Waals surface area contributed by atoms with Crippen molar-refractivity contribution in [2.75, 3.05) is 39.8 Å². The quantitative estimate of drug-likeness (QED) is 0.400. The molecule has 0 bridgehead atoms. The molecule has 0 spiro atoms. The standard InChI is InChI=1S/C27H28BrClN4O4/c1-32-12-14-33(15-13-32)27(35)23(18-36-17-19-6-3-2-4-7-19)31-25(34)21-8-5-11-30-26(21)37-24-10-9-20(29)16-22(24)28/h2-11,16,23H,12-15,17-18H2,1H3,(H,31,34)/t23-/m1/s1. The van der Waals surface area contributed by atoms with Crippen LogP contribution in [0.3, 0.4) is 0 Å². The van der Waals surface area contributed by atoms with E-state index in [0.717, 1.165) is 18.7 Å². The van der Waals surface area contributed by atoms with Gasteiger partial charge >= 0.3 is 0 Å². The highest BCUT2D eigenvalue weighted by atomic mass is 79.9. The maximum absolute atomic E-state index is 13.4. The Labute approximate surface area is 229 Å². The lowest BCUT2D eigenvalue weighted by Crippen LogP contribution is -2.55. The molecular weight excluding hydrogens is 560 g/mol. The molecule has 3 aromatic rings. The molecule has 0 saturated carbocycles. The predicted molar refractivity (Wildman–Crippen MR) is 145 cm³/mol. The SMILES string of the molecule is CN1CCN(C(=O)[C@@H](COCc2ccccc2)NC(=O)c2cccnc2Oc2ccc(Cl)cc2Br)CC1. The van der Waals surface area contributed by atoms with Crippen molar-refractivity contribution in [1.29, 1.82) is 0 Å². The van der Waals surface area contributed by atoms with Crippen molar-refractivity contribution in [3.05, 3.63) is 87.5 Å². The van der Waals surface area contributed by atoms with Gasteiger partial charge < -0.3 is 24.6 Å². The molecule has 0 aliphatic carbocycles. The van der Waals surface area contributed by atoms with E-state index in [4.69, 9.17) is 21.1 Å². The molecule has 1 aliphatic heterocycles. The summed E-state index contributed by atoms with van der Waals surface area (Å²) in [7, 11) is 2.02. The number of halogens is 2. The summed E-state index contributed by atoms with van der Waals surface area (Å²) in [6, 6.07) is 17.1. The first kappa shape index (κ1) is 27.1. The first-order chi connectivity index (χ1) is 17.9. The number of likely N-dealkylation sites (N-methyl/N-ethyl adjacent to an activating group) is 1. The number of aromatic nitrogens is 1. The maximum atomic E-state index is 13.4. The van der Waals surface area contributed by atoms with Crippen LogP contribution in [0, 0.1) is 0 Å². The van der Waals surface area contributed by atoms with Crippen LogP contribution in [0.15, 0.2) is 71.3 Å². The smallest absolute Gasteiger partial charge is 0.257 e. The van der Waals surface area contributed by atoms with E-state index in [-0.39, 0.29) is 24.0 Å². The molecule has 2 heterocycles. The monoisotopic (exact) mass is 586 g/mol. The number of benzene rings is 2. The third-order valence-electron chi connectivity index (χ3n) is 5.93. The van der Waals surface area contributed by atoms with Crippen LogP contribution < -0.4 is 10.1 Å². The van der Waals surface area contributed by atoms with Gasteiger partial charge in [-0.1, -0.05) is 41.9 Å². The van der Waals surface area contributed by atoms with Crippen LogP contribution in [0.2, 0.25) is 5.02 Å². The van der Waals surface area contributed by atoms with E-state index in [9.17, 15) is 9.59 Å². The fourth-order valence-electron chi connectivity index (χ4n) is 3.83. The van der Waals surface area contributed by atoms with Crippen molar-refractivity contribution in [1.82, 2.24) is 20.1 Å². The summed E-state index contributed by atoms with van der Waals surface area (Å²) < 4.78 is 12.4. The molecule has 10 heteroatoms. The molecule has 37 heavy (non-hydrogen) atoms. The number of piperazine rings is 1. The number of pyridine rings is 1. The second-order valence-electron chi connectivity index (χ2n) is 8.69. The number of hydrogen-bond acceptors (Lipinski definition) is 6. The molecule has 1 atom stereocenters. The maximum Gasteiger partial charge on any atom is 0.257 e. The average molecular weight is 588 g/mol. The highest BCUT2D eigenvalue weighted by Gasteiger charge is 2.29. The van der Waals surface area contributed by atoms with E-state index >= 15 is 0 Å². The minimum absolute atomic E-state index is 0.0327. The van der Waals surface area contributed by atoms with Crippen molar-refractivity contribution in [2.45, 2.75) is 12.6 Å². The zero-order valence-electron chi connectivity index (χ0n) is 20.4. The molecular formula is C27H28BrClN4O4. The van der Waals surface area contributed by atoms with Gasteiger partial charge in [-0.05, 0) is 58.9 Å². The van der Waals surface area contributed by atoms with Crippen molar-refractivity contribution in [3.8, 4) is 11.6 Å². The van der Waals surface area contributed by atoms with Crippen LogP contribution >= 0.6 is 27.5 Å². The Kier molecular flexibility index (Phi) is 9.51. The minimum Gasteiger partial charge on any atom is -0.437 e. The van der Waals surface area contributed by atoms with E-state index in [1.165, 1.54) is 6.20 Å². The lowest BCUT2D eigenvalue weighted by Gasteiger charge is -2.34. The van der Waals surface area contributed by atoms with Crippen LogP contribution in [-0.2, 0) is 16.1 Å². The summed E-state index contributed by atoms with van der Waals surface area (Å²) in [5.41, 5.74) is 1.18. The summed E-state index contributed by atoms with van der Waals surface area (Å²) in [5.74, 6) is -0.0993. The van der Waals surface area contributed by atoms with Gasteiger partial charge in [-0.2, -0.15) is 0 Å². The summed E-state index contributed by atoms with van der Waals surface area (Å²) in [4.78, 5) is 35.0. The molecule has 0 radical (unpaired) electrons. The number of ether oxygens (including phenoxy) is 2. The Morgan fingerprint density at radius 2 is 1.84 bits per heavy atom. The Bertz CT molecular complexity index is 1220. The lowest BCUT2D eigenvalue weighted by atomic mass is 10.2. The molecule has 1 aromatic heterocycles. The van der Waals surface area contributed by atoms with Gasteiger partial charge in [0, 0.05) is 37.4 Å². The van der Waals surface area contributed by atoms with Crippen LogP contribution in [0.4, 0.5) is 0 Å². The second-order valence-corrected chi connectivity index (χ2v) is 9.98. The molecule has 1 saturated heterocycles. The molecule has 1 aliphatic rings. The molecule has 1 N–H and O–H groups in total. The number of carbonyl (C=O) groups is 2. The van der Waals surface area contributed by atoms with Gasteiger partial charge in [0.15, 0.2) is 0 Å². The minimum atomic E-state index is -0.866. The van der Waals surface area contributed by atoms with Gasteiger partial charge in [0.2, 0.25) is 11.8 Å². The number of rotatable bonds is 9. The third-order valence-corrected chi connectivity index (χ3v) is 6.79. The topological polar surface area (TPSA) is 84.0 Å². The molecule has 2 aromatic carbocycles.